The summed E-state index contributed by atoms with van der Waals surface area (Å²) in [6.45, 7) is 11.6. The molecule has 0 spiro atoms. The van der Waals surface area contributed by atoms with Crippen molar-refractivity contribution >= 4 is 0 Å². The molecule has 0 bridgehead atoms. The lowest BCUT2D eigenvalue weighted by molar-refractivity contribution is -0.117. The summed E-state index contributed by atoms with van der Waals surface area (Å²) in [4.78, 5) is 4.85. The number of nitrogens with zero attached hydrogens (tertiary/aromatic N) is 2. The molecule has 5 atom stereocenters. The van der Waals surface area contributed by atoms with Gasteiger partial charge in [-0.05, 0) is 52.4 Å². The lowest BCUT2D eigenvalue weighted by Gasteiger charge is -2.40. The zero-order valence-corrected chi connectivity index (χ0v) is 16.6. The summed E-state index contributed by atoms with van der Waals surface area (Å²) in [7, 11) is 0. The predicted molar refractivity (Wildman–Crippen MR) is 99.1 cm³/mol. The van der Waals surface area contributed by atoms with Gasteiger partial charge in [0.1, 0.15) is 0 Å². The van der Waals surface area contributed by atoms with Crippen molar-refractivity contribution in [3.05, 3.63) is 0 Å². The molecule has 0 aromatic rings. The van der Waals surface area contributed by atoms with E-state index < -0.39 is 11.2 Å². The largest absolute Gasteiger partial charge is 0.387 e. The second kappa shape index (κ2) is 6.98. The normalized spacial score (nSPS) is 42.0. The highest BCUT2D eigenvalue weighted by molar-refractivity contribution is 5.11. The summed E-state index contributed by atoms with van der Waals surface area (Å²) in [5.74, 6) is 0.319. The van der Waals surface area contributed by atoms with E-state index >= 15 is 0 Å². The Hall–Kier alpha value is -0.240. The van der Waals surface area contributed by atoms with E-state index in [2.05, 4.69) is 30.6 Å². The van der Waals surface area contributed by atoms with Gasteiger partial charge in [-0.2, -0.15) is 0 Å². The van der Waals surface area contributed by atoms with Crippen LogP contribution in [0.5, 0.6) is 0 Å². The molecule has 150 valence electrons. The average Bonchev–Trinajstić information content (AvgIpc) is 3.54. The molecule has 0 aromatic heterocycles. The molecule has 4 rings (SSSR count). The molecule has 0 aromatic carbocycles. The third kappa shape index (κ3) is 3.69. The van der Waals surface area contributed by atoms with Crippen molar-refractivity contribution in [1.29, 1.82) is 0 Å². The molecule has 4 aliphatic rings. The number of hydrogen-bond acceptors (Lipinski definition) is 6. The van der Waals surface area contributed by atoms with Gasteiger partial charge < -0.3 is 19.7 Å². The van der Waals surface area contributed by atoms with Crippen molar-refractivity contribution in [2.45, 2.75) is 81.9 Å². The van der Waals surface area contributed by atoms with Crippen LogP contribution in [0.2, 0.25) is 0 Å². The van der Waals surface area contributed by atoms with Crippen molar-refractivity contribution in [2.75, 3.05) is 39.4 Å². The molecular formula is C20H36N2O4. The fourth-order valence-electron chi connectivity index (χ4n) is 4.86. The molecule has 2 N–H and O–H groups in total. The molecule has 26 heavy (non-hydrogen) atoms. The molecule has 2 saturated carbocycles. The van der Waals surface area contributed by atoms with Crippen molar-refractivity contribution in [2.24, 2.45) is 5.92 Å². The van der Waals surface area contributed by atoms with Crippen LogP contribution in [0, 0.1) is 5.92 Å². The topological polar surface area (TPSA) is 65.4 Å². The van der Waals surface area contributed by atoms with E-state index in [0.29, 0.717) is 24.6 Å². The summed E-state index contributed by atoms with van der Waals surface area (Å²) in [6.07, 6.45) is 3.48. The Balaban J connectivity index is 1.29. The quantitative estimate of drug-likeness (QED) is 0.725. The third-order valence-corrected chi connectivity index (χ3v) is 7.21. The Kier molecular flexibility index (Phi) is 5.12. The summed E-state index contributed by atoms with van der Waals surface area (Å²) in [5, 5.41) is 21.5. The highest BCUT2D eigenvalue weighted by Gasteiger charge is 2.60. The van der Waals surface area contributed by atoms with Gasteiger partial charge in [-0.25, -0.2) is 0 Å². The van der Waals surface area contributed by atoms with Crippen molar-refractivity contribution < 1.29 is 19.7 Å². The number of hydrogen-bond donors (Lipinski definition) is 2. The zero-order chi connectivity index (χ0) is 18.5. The van der Waals surface area contributed by atoms with Gasteiger partial charge in [-0.1, -0.05) is 0 Å². The van der Waals surface area contributed by atoms with E-state index in [1.54, 1.807) is 0 Å². The second-order valence-electron chi connectivity index (χ2n) is 9.38. The molecule has 2 heterocycles. The molecule has 4 unspecified atom stereocenters. The molecule has 6 heteroatoms. The van der Waals surface area contributed by atoms with Gasteiger partial charge in [0.05, 0.1) is 36.6 Å². The maximum absolute atomic E-state index is 11.1. The zero-order valence-electron chi connectivity index (χ0n) is 16.6. The predicted octanol–water partition coefficient (Wildman–Crippen LogP) is 0.851. The van der Waals surface area contributed by atoms with Gasteiger partial charge in [-0.15, -0.1) is 0 Å². The van der Waals surface area contributed by atoms with E-state index in [1.165, 1.54) is 0 Å². The Bertz CT molecular complexity index is 512. The Morgan fingerprint density at radius 2 is 1.58 bits per heavy atom. The third-order valence-electron chi connectivity index (χ3n) is 7.21. The average molecular weight is 369 g/mol. The fourth-order valence-corrected chi connectivity index (χ4v) is 4.86. The standard InChI is InChI=1S/C20H36N2O4/c1-14(2)21-6-8-26-18(13-21)20(24)11-16(20)10-15(3)22-7-9-25-17(12-22)19(23)4-5-19/h14-18,23-24H,4-13H2,1-3H3/t15?,16?,17-,18?,20?/m1/s1. The van der Waals surface area contributed by atoms with E-state index in [-0.39, 0.29) is 12.2 Å². The second-order valence-corrected chi connectivity index (χ2v) is 9.38. The van der Waals surface area contributed by atoms with Crippen LogP contribution in [0.15, 0.2) is 0 Å². The van der Waals surface area contributed by atoms with Gasteiger partial charge in [-0.3, -0.25) is 9.80 Å². The number of rotatable bonds is 6. The number of ether oxygens (including phenoxy) is 2. The first-order valence-electron chi connectivity index (χ1n) is 10.5. The van der Waals surface area contributed by atoms with Gasteiger partial charge in [0.25, 0.3) is 0 Å². The van der Waals surface area contributed by atoms with Crippen LogP contribution in [0.25, 0.3) is 0 Å². The van der Waals surface area contributed by atoms with Crippen LogP contribution >= 0.6 is 0 Å². The van der Waals surface area contributed by atoms with Crippen molar-refractivity contribution in [3.63, 3.8) is 0 Å². The monoisotopic (exact) mass is 368 g/mol. The summed E-state index contributed by atoms with van der Waals surface area (Å²) >= 11 is 0. The lowest BCUT2D eigenvalue weighted by atomic mass is 10.0. The number of aliphatic hydroxyl groups is 2. The summed E-state index contributed by atoms with van der Waals surface area (Å²) in [5.41, 5.74) is -1.23. The van der Waals surface area contributed by atoms with Crippen LogP contribution in [0.4, 0.5) is 0 Å². The molecular weight excluding hydrogens is 332 g/mol. The van der Waals surface area contributed by atoms with E-state index in [9.17, 15) is 10.2 Å². The Labute approximate surface area is 157 Å². The highest BCUT2D eigenvalue weighted by atomic mass is 16.5. The molecule has 4 fully saturated rings. The summed E-state index contributed by atoms with van der Waals surface area (Å²) in [6, 6.07) is 0.896. The van der Waals surface area contributed by atoms with Gasteiger partial charge in [0.2, 0.25) is 0 Å². The molecule has 2 aliphatic carbocycles. The smallest absolute Gasteiger partial charge is 0.0992 e. The van der Waals surface area contributed by atoms with Gasteiger partial charge >= 0.3 is 0 Å². The Morgan fingerprint density at radius 1 is 0.962 bits per heavy atom. The van der Waals surface area contributed by atoms with Crippen LogP contribution in [-0.2, 0) is 9.47 Å². The van der Waals surface area contributed by atoms with Crippen molar-refractivity contribution in [1.82, 2.24) is 9.80 Å². The highest BCUT2D eigenvalue weighted by Crippen LogP contribution is 2.51. The van der Waals surface area contributed by atoms with E-state index in [0.717, 1.165) is 58.5 Å². The first-order valence-corrected chi connectivity index (χ1v) is 10.5. The van der Waals surface area contributed by atoms with E-state index in [1.807, 2.05) is 0 Å². The molecule has 0 amide bonds. The minimum Gasteiger partial charge on any atom is -0.387 e. The van der Waals surface area contributed by atoms with E-state index in [4.69, 9.17) is 9.47 Å². The van der Waals surface area contributed by atoms with Crippen molar-refractivity contribution in [3.8, 4) is 0 Å². The molecule has 2 aliphatic heterocycles. The number of morpholine rings is 2. The minimum absolute atomic E-state index is 0.0435. The molecule has 6 nitrogen and oxygen atoms in total. The Morgan fingerprint density at radius 3 is 2.23 bits per heavy atom. The minimum atomic E-state index is -0.651. The van der Waals surface area contributed by atoms with Gasteiger partial charge in [0, 0.05) is 38.3 Å². The molecule has 0 radical (unpaired) electrons. The van der Waals surface area contributed by atoms with Crippen LogP contribution in [-0.4, -0.2) is 94.9 Å². The van der Waals surface area contributed by atoms with Crippen LogP contribution < -0.4 is 0 Å². The SMILES string of the molecule is CC(C)N1CCOC(C2(O)CC2CC(C)N2CCO[C@@H](C3(O)CC3)C2)C1. The summed E-state index contributed by atoms with van der Waals surface area (Å²) < 4.78 is 11.8. The lowest BCUT2D eigenvalue weighted by Crippen LogP contribution is -2.53. The molecule has 2 saturated heterocycles. The van der Waals surface area contributed by atoms with Crippen LogP contribution in [0.3, 0.4) is 0 Å². The maximum atomic E-state index is 11.1. The van der Waals surface area contributed by atoms with Gasteiger partial charge in [0.15, 0.2) is 0 Å². The maximum Gasteiger partial charge on any atom is 0.0992 e. The first kappa shape index (κ1) is 19.1. The van der Waals surface area contributed by atoms with Crippen LogP contribution in [0.1, 0.15) is 46.5 Å². The fraction of sp³-hybridized carbons (Fsp3) is 1.00. The first-order chi connectivity index (χ1) is 12.3.